The average molecular weight is 247 g/mol. The van der Waals surface area contributed by atoms with E-state index in [0.717, 1.165) is 12.8 Å². The van der Waals surface area contributed by atoms with Crippen LogP contribution in [-0.4, -0.2) is 18.0 Å². The zero-order valence-corrected chi connectivity index (χ0v) is 10.5. The van der Waals surface area contributed by atoms with E-state index in [-0.39, 0.29) is 23.9 Å². The lowest BCUT2D eigenvalue weighted by Crippen LogP contribution is -2.52. The van der Waals surface area contributed by atoms with Crippen LogP contribution in [0.1, 0.15) is 37.2 Å². The molecule has 0 spiro atoms. The van der Waals surface area contributed by atoms with Crippen LogP contribution in [0.15, 0.2) is 22.8 Å². The second-order valence-corrected chi connectivity index (χ2v) is 3.62. The third kappa shape index (κ3) is 3.25. The molecule has 0 atom stereocenters. The molecule has 1 aromatic heterocycles. The molecule has 1 aromatic rings. The number of carbonyl (C=O) groups excluding carboxylic acids is 1. The predicted octanol–water partition coefficient (Wildman–Crippen LogP) is 1.95. The van der Waals surface area contributed by atoms with Crippen LogP contribution < -0.4 is 11.1 Å². The molecule has 0 fully saturated rings. The van der Waals surface area contributed by atoms with Crippen molar-refractivity contribution < 1.29 is 9.21 Å². The maximum atomic E-state index is 11.7. The van der Waals surface area contributed by atoms with E-state index in [4.69, 9.17) is 10.2 Å². The van der Waals surface area contributed by atoms with Crippen LogP contribution >= 0.6 is 12.4 Å². The fourth-order valence-electron chi connectivity index (χ4n) is 1.48. The van der Waals surface area contributed by atoms with Gasteiger partial charge in [-0.3, -0.25) is 4.79 Å². The average Bonchev–Trinajstić information content (AvgIpc) is 2.79. The first-order chi connectivity index (χ1) is 7.17. The first-order valence-corrected chi connectivity index (χ1v) is 5.23. The molecule has 3 N–H and O–H groups in total. The molecule has 4 nitrogen and oxygen atoms in total. The summed E-state index contributed by atoms with van der Waals surface area (Å²) in [5, 5.41) is 2.92. The van der Waals surface area contributed by atoms with Crippen molar-refractivity contribution in [2.45, 2.75) is 32.2 Å². The number of carbonyl (C=O) groups is 1. The minimum atomic E-state index is -0.316. The Balaban J connectivity index is 0.00000225. The van der Waals surface area contributed by atoms with Gasteiger partial charge in [0.05, 0.1) is 11.8 Å². The van der Waals surface area contributed by atoms with Gasteiger partial charge in [0.1, 0.15) is 0 Å². The number of nitrogens with one attached hydrogen (secondary N) is 1. The highest BCUT2D eigenvalue weighted by atomic mass is 35.5. The second kappa shape index (κ2) is 6.55. The van der Waals surface area contributed by atoms with Gasteiger partial charge in [0.2, 0.25) is 0 Å². The van der Waals surface area contributed by atoms with Gasteiger partial charge < -0.3 is 15.5 Å². The second-order valence-electron chi connectivity index (χ2n) is 3.62. The number of hydrogen-bond acceptors (Lipinski definition) is 3. The zero-order chi connectivity index (χ0) is 11.3. The van der Waals surface area contributed by atoms with Crippen molar-refractivity contribution >= 4 is 18.3 Å². The lowest BCUT2D eigenvalue weighted by Gasteiger charge is -2.30. The minimum absolute atomic E-state index is 0. The molecule has 0 aliphatic heterocycles. The van der Waals surface area contributed by atoms with Gasteiger partial charge in [-0.1, -0.05) is 13.8 Å². The molecule has 1 rings (SSSR count). The minimum Gasteiger partial charge on any atom is -0.459 e. The zero-order valence-electron chi connectivity index (χ0n) is 9.66. The first kappa shape index (κ1) is 15.0. The summed E-state index contributed by atoms with van der Waals surface area (Å²) in [6, 6.07) is 3.33. The summed E-state index contributed by atoms with van der Waals surface area (Å²) in [5.74, 6) is 0.129. The summed E-state index contributed by atoms with van der Waals surface area (Å²) >= 11 is 0. The van der Waals surface area contributed by atoms with Crippen LogP contribution in [0.25, 0.3) is 0 Å². The highest BCUT2D eigenvalue weighted by molar-refractivity contribution is 5.91. The summed E-state index contributed by atoms with van der Waals surface area (Å²) in [6.45, 7) is 4.46. The number of hydrogen-bond donors (Lipinski definition) is 2. The van der Waals surface area contributed by atoms with Crippen molar-refractivity contribution in [3.8, 4) is 0 Å². The SMILES string of the molecule is CCC(CC)(CN)NC(=O)c1ccco1.Cl. The van der Waals surface area contributed by atoms with Crippen LogP contribution in [0.3, 0.4) is 0 Å². The summed E-state index contributed by atoms with van der Waals surface area (Å²) in [5.41, 5.74) is 5.37. The van der Waals surface area contributed by atoms with Crippen LogP contribution in [0.4, 0.5) is 0 Å². The number of nitrogens with two attached hydrogens (primary N) is 1. The summed E-state index contributed by atoms with van der Waals surface area (Å²) in [6.07, 6.45) is 3.11. The van der Waals surface area contributed by atoms with Gasteiger partial charge in [0.25, 0.3) is 5.91 Å². The molecule has 92 valence electrons. The topological polar surface area (TPSA) is 68.3 Å². The van der Waals surface area contributed by atoms with E-state index >= 15 is 0 Å². The Morgan fingerprint density at radius 2 is 2.12 bits per heavy atom. The molecule has 1 amide bonds. The Kier molecular flexibility index (Phi) is 6.14. The smallest absolute Gasteiger partial charge is 0.287 e. The fourth-order valence-corrected chi connectivity index (χ4v) is 1.48. The Morgan fingerprint density at radius 1 is 1.50 bits per heavy atom. The quantitative estimate of drug-likeness (QED) is 0.835. The predicted molar refractivity (Wildman–Crippen MR) is 65.8 cm³/mol. The Bertz CT molecular complexity index is 300. The highest BCUT2D eigenvalue weighted by Crippen LogP contribution is 2.14. The van der Waals surface area contributed by atoms with Crippen LogP contribution in [-0.2, 0) is 0 Å². The normalized spacial score (nSPS) is 10.7. The first-order valence-electron chi connectivity index (χ1n) is 5.23. The van der Waals surface area contributed by atoms with Gasteiger partial charge in [0.15, 0.2) is 5.76 Å². The van der Waals surface area contributed by atoms with E-state index < -0.39 is 0 Å². The highest BCUT2D eigenvalue weighted by Gasteiger charge is 2.27. The van der Waals surface area contributed by atoms with E-state index in [1.54, 1.807) is 12.1 Å². The van der Waals surface area contributed by atoms with Gasteiger partial charge in [-0.15, -0.1) is 12.4 Å². The maximum Gasteiger partial charge on any atom is 0.287 e. The van der Waals surface area contributed by atoms with Crippen LogP contribution in [0.2, 0.25) is 0 Å². The Labute approximate surface area is 102 Å². The van der Waals surface area contributed by atoms with E-state index in [1.807, 2.05) is 13.8 Å². The molecular weight excluding hydrogens is 228 g/mol. The summed E-state index contributed by atoms with van der Waals surface area (Å²) in [7, 11) is 0. The monoisotopic (exact) mass is 246 g/mol. The molecule has 0 radical (unpaired) electrons. The van der Waals surface area contributed by atoms with Crippen molar-refractivity contribution in [2.24, 2.45) is 5.73 Å². The number of rotatable bonds is 5. The van der Waals surface area contributed by atoms with E-state index in [9.17, 15) is 4.79 Å². The molecule has 0 aromatic carbocycles. The number of furan rings is 1. The lowest BCUT2D eigenvalue weighted by atomic mass is 9.93. The summed E-state index contributed by atoms with van der Waals surface area (Å²) in [4.78, 5) is 11.7. The lowest BCUT2D eigenvalue weighted by molar-refractivity contribution is 0.0866. The molecule has 0 saturated heterocycles. The van der Waals surface area contributed by atoms with Gasteiger partial charge in [0, 0.05) is 6.54 Å². The molecule has 5 heteroatoms. The largest absolute Gasteiger partial charge is 0.459 e. The van der Waals surface area contributed by atoms with Crippen molar-refractivity contribution in [1.82, 2.24) is 5.32 Å². The van der Waals surface area contributed by atoms with Gasteiger partial charge in [-0.05, 0) is 25.0 Å². The maximum absolute atomic E-state index is 11.7. The Hall–Kier alpha value is -1.00. The fraction of sp³-hybridized carbons (Fsp3) is 0.545. The third-order valence-corrected chi connectivity index (χ3v) is 2.87. The van der Waals surface area contributed by atoms with Crippen molar-refractivity contribution in [3.63, 3.8) is 0 Å². The van der Waals surface area contributed by atoms with E-state index in [1.165, 1.54) is 6.26 Å². The molecule has 0 saturated carbocycles. The van der Waals surface area contributed by atoms with Gasteiger partial charge >= 0.3 is 0 Å². The third-order valence-electron chi connectivity index (χ3n) is 2.87. The van der Waals surface area contributed by atoms with Gasteiger partial charge in [-0.2, -0.15) is 0 Å². The molecular formula is C11H19ClN2O2. The molecule has 0 bridgehead atoms. The van der Waals surface area contributed by atoms with Crippen LogP contribution in [0, 0.1) is 0 Å². The molecule has 0 unspecified atom stereocenters. The molecule has 16 heavy (non-hydrogen) atoms. The molecule has 1 heterocycles. The number of halogens is 1. The van der Waals surface area contributed by atoms with Crippen molar-refractivity contribution in [2.75, 3.05) is 6.54 Å². The summed E-state index contributed by atoms with van der Waals surface area (Å²) < 4.78 is 5.02. The Morgan fingerprint density at radius 3 is 2.50 bits per heavy atom. The van der Waals surface area contributed by atoms with E-state index in [0.29, 0.717) is 12.3 Å². The standard InChI is InChI=1S/C11H18N2O2.ClH/c1-3-11(4-2,8-12)13-10(14)9-6-5-7-15-9;/h5-7H,3-4,8,12H2,1-2H3,(H,13,14);1H. The molecule has 0 aliphatic carbocycles. The van der Waals surface area contributed by atoms with Crippen molar-refractivity contribution in [1.29, 1.82) is 0 Å². The van der Waals surface area contributed by atoms with Gasteiger partial charge in [-0.25, -0.2) is 0 Å². The number of amides is 1. The molecule has 0 aliphatic rings. The van der Waals surface area contributed by atoms with E-state index in [2.05, 4.69) is 5.32 Å². The van der Waals surface area contributed by atoms with Crippen LogP contribution in [0.5, 0.6) is 0 Å². The van der Waals surface area contributed by atoms with Crippen molar-refractivity contribution in [3.05, 3.63) is 24.2 Å².